The zero-order chi connectivity index (χ0) is 16.0. The number of hydrogen-bond acceptors (Lipinski definition) is 2. The van der Waals surface area contributed by atoms with E-state index in [0.717, 1.165) is 10.6 Å². The molecule has 2 rings (SSSR count). The lowest BCUT2D eigenvalue weighted by Crippen LogP contribution is -2.32. The first kappa shape index (κ1) is 17.1. The van der Waals surface area contributed by atoms with Crippen molar-refractivity contribution in [2.45, 2.75) is 18.7 Å². The van der Waals surface area contributed by atoms with Crippen molar-refractivity contribution in [3.63, 3.8) is 0 Å². The summed E-state index contributed by atoms with van der Waals surface area (Å²) in [4.78, 5) is 1.00. The second kappa shape index (κ2) is 7.84. The summed E-state index contributed by atoms with van der Waals surface area (Å²) >= 11 is 1.41. The molecule has 2 N–H and O–H groups in total. The van der Waals surface area contributed by atoms with Crippen LogP contribution in [0.5, 0.6) is 0 Å². The number of benzene rings is 2. The number of nitrogens with two attached hydrogens (primary N) is 1. The third-order valence-corrected chi connectivity index (χ3v) is 7.25. The fourth-order valence-electron chi connectivity index (χ4n) is 2.16. The second-order valence-electron chi connectivity index (χ2n) is 4.74. The highest BCUT2D eigenvalue weighted by Gasteiger charge is 2.33. The molecule has 22 heavy (non-hydrogen) atoms. The molecule has 0 spiro atoms. The fraction of sp³-hybridized carbons (Fsp3) is 0.250. The Labute approximate surface area is 137 Å². The van der Waals surface area contributed by atoms with Crippen LogP contribution in [-0.2, 0) is 4.57 Å². The average Bonchev–Trinajstić information content (AvgIpc) is 2.55. The van der Waals surface area contributed by atoms with E-state index in [1.165, 1.54) is 11.9 Å². The van der Waals surface area contributed by atoms with Crippen LogP contribution in [0.15, 0.2) is 65.6 Å². The van der Waals surface area contributed by atoms with Crippen molar-refractivity contribution in [2.24, 2.45) is 5.50 Å². The van der Waals surface area contributed by atoms with Crippen LogP contribution in [-0.4, -0.2) is 17.8 Å². The predicted octanol–water partition coefficient (Wildman–Crippen LogP) is 4.61. The van der Waals surface area contributed by atoms with E-state index in [1.54, 1.807) is 4.08 Å². The first-order chi connectivity index (χ1) is 10.6. The topological polar surface area (TPSA) is 49.6 Å². The van der Waals surface area contributed by atoms with Crippen molar-refractivity contribution < 1.29 is 4.57 Å². The molecule has 118 valence electrons. The number of anilines is 1. The maximum atomic E-state index is 13.3. The van der Waals surface area contributed by atoms with Gasteiger partial charge in [-0.3, -0.25) is 10.1 Å². The van der Waals surface area contributed by atoms with Crippen LogP contribution < -0.4 is 9.58 Å². The number of nitrogens with zero attached hydrogens (tertiary/aromatic N) is 2. The highest BCUT2D eigenvalue weighted by Crippen LogP contribution is 2.53. The van der Waals surface area contributed by atoms with E-state index < -0.39 is 7.59 Å². The molecular weight excluding hydrogens is 313 g/mol. The third-order valence-electron chi connectivity index (χ3n) is 3.31. The van der Waals surface area contributed by atoms with Gasteiger partial charge in [-0.15, -0.1) is 0 Å². The Hall–Kier alpha value is -1.26. The molecule has 0 aliphatic rings. The minimum absolute atomic E-state index is 0.642. The van der Waals surface area contributed by atoms with Crippen LogP contribution in [0.25, 0.3) is 0 Å². The Kier molecular flexibility index (Phi) is 6.09. The van der Waals surface area contributed by atoms with Crippen LogP contribution in [0.1, 0.15) is 13.8 Å². The minimum Gasteiger partial charge on any atom is -0.263 e. The molecule has 0 bridgehead atoms. The molecule has 1 atom stereocenters. The second-order valence-corrected chi connectivity index (χ2v) is 8.17. The fourth-order valence-corrected chi connectivity index (χ4v) is 5.43. The van der Waals surface area contributed by atoms with Gasteiger partial charge in [-0.1, -0.05) is 50.2 Å². The first-order valence-corrected chi connectivity index (χ1v) is 9.77. The van der Waals surface area contributed by atoms with Gasteiger partial charge in [0.05, 0.1) is 5.69 Å². The monoisotopic (exact) mass is 335 g/mol. The Morgan fingerprint density at radius 1 is 0.955 bits per heavy atom. The highest BCUT2D eigenvalue weighted by atomic mass is 32.2. The van der Waals surface area contributed by atoms with Gasteiger partial charge >= 0.3 is 7.59 Å². The molecule has 2 aromatic carbocycles. The summed E-state index contributed by atoms with van der Waals surface area (Å²) in [5.41, 5.74) is 7.13. The van der Waals surface area contributed by atoms with Gasteiger partial charge in [-0.05, 0) is 36.2 Å². The summed E-state index contributed by atoms with van der Waals surface area (Å²) in [6, 6.07) is 19.5. The average molecular weight is 335 g/mol. The van der Waals surface area contributed by atoms with Crippen LogP contribution in [0.2, 0.25) is 0 Å². The molecule has 0 heterocycles. The molecule has 0 aromatic heterocycles. The van der Waals surface area contributed by atoms with Gasteiger partial charge in [-0.2, -0.15) is 0 Å². The Balaban J connectivity index is 2.40. The quantitative estimate of drug-likeness (QED) is 0.591. The van der Waals surface area contributed by atoms with Gasteiger partial charge in [0.15, 0.2) is 0 Å². The number of hydrogen-bond donors (Lipinski definition) is 1. The predicted molar refractivity (Wildman–Crippen MR) is 95.9 cm³/mol. The molecule has 0 aliphatic heterocycles. The Bertz CT molecular complexity index is 620. The van der Waals surface area contributed by atoms with E-state index in [-0.39, 0.29) is 0 Å². The zero-order valence-electron chi connectivity index (χ0n) is 12.9. The van der Waals surface area contributed by atoms with Gasteiger partial charge in [-0.25, -0.2) is 8.75 Å². The van der Waals surface area contributed by atoms with Crippen molar-refractivity contribution >= 4 is 25.2 Å². The highest BCUT2D eigenvalue weighted by molar-refractivity contribution is 8.07. The summed E-state index contributed by atoms with van der Waals surface area (Å²) in [5.74, 6) is 0. The molecule has 0 radical (unpaired) electrons. The van der Waals surface area contributed by atoms with Crippen molar-refractivity contribution in [1.29, 1.82) is 0 Å². The van der Waals surface area contributed by atoms with Crippen LogP contribution in [0.4, 0.5) is 5.69 Å². The maximum Gasteiger partial charge on any atom is 0.315 e. The Morgan fingerprint density at radius 2 is 1.45 bits per heavy atom. The molecule has 0 amide bonds. The molecule has 6 heteroatoms. The van der Waals surface area contributed by atoms with Crippen molar-refractivity contribution in [3.05, 3.63) is 60.7 Å². The standard InChI is InChI=1S/C16H22N3OPS/c1-3-18(4-2)21(17,20)19(15-11-7-5-8-12-15)22-16-13-9-6-10-14-16/h5-14H,3-4H2,1-2H3,(H2,17,20). The van der Waals surface area contributed by atoms with Gasteiger partial charge in [0, 0.05) is 18.0 Å². The first-order valence-electron chi connectivity index (χ1n) is 7.32. The molecule has 4 nitrogen and oxygen atoms in total. The summed E-state index contributed by atoms with van der Waals surface area (Å²) < 4.78 is 16.9. The lowest BCUT2D eigenvalue weighted by Gasteiger charge is -2.35. The molecule has 2 aromatic rings. The largest absolute Gasteiger partial charge is 0.315 e. The zero-order valence-corrected chi connectivity index (χ0v) is 14.6. The van der Waals surface area contributed by atoms with Crippen molar-refractivity contribution in [3.8, 4) is 0 Å². The van der Waals surface area contributed by atoms with Crippen molar-refractivity contribution in [1.82, 2.24) is 4.67 Å². The third kappa shape index (κ3) is 3.93. The summed E-state index contributed by atoms with van der Waals surface area (Å²) in [6.07, 6.45) is 0. The summed E-state index contributed by atoms with van der Waals surface area (Å²) in [5, 5.41) is 0. The van der Waals surface area contributed by atoms with E-state index in [1.807, 2.05) is 79.2 Å². The maximum absolute atomic E-state index is 13.3. The lowest BCUT2D eigenvalue weighted by molar-refractivity contribution is 0.445. The number of para-hydroxylation sites is 1. The smallest absolute Gasteiger partial charge is 0.263 e. The molecule has 1 unspecified atom stereocenters. The van der Waals surface area contributed by atoms with E-state index in [4.69, 9.17) is 5.50 Å². The van der Waals surface area contributed by atoms with Gasteiger partial charge < -0.3 is 0 Å². The van der Waals surface area contributed by atoms with E-state index in [2.05, 4.69) is 0 Å². The van der Waals surface area contributed by atoms with Crippen LogP contribution in [0, 0.1) is 0 Å². The normalized spacial score (nSPS) is 13.8. The van der Waals surface area contributed by atoms with Crippen LogP contribution >= 0.6 is 19.5 Å². The van der Waals surface area contributed by atoms with Crippen LogP contribution in [0.3, 0.4) is 0 Å². The van der Waals surface area contributed by atoms with Crippen molar-refractivity contribution in [2.75, 3.05) is 17.2 Å². The lowest BCUT2D eigenvalue weighted by atomic mass is 10.3. The van der Waals surface area contributed by atoms with Gasteiger partial charge in [0.25, 0.3) is 0 Å². The number of rotatable bonds is 7. The SMILES string of the molecule is CCN(CC)P(N)(=O)N(Sc1ccccc1)c1ccccc1. The Morgan fingerprint density at radius 3 is 1.95 bits per heavy atom. The molecule has 0 saturated carbocycles. The molecule has 0 fully saturated rings. The van der Waals surface area contributed by atoms with E-state index >= 15 is 0 Å². The van der Waals surface area contributed by atoms with Gasteiger partial charge in [0.2, 0.25) is 0 Å². The molecular formula is C16H22N3OPS. The molecule has 0 aliphatic carbocycles. The summed E-state index contributed by atoms with van der Waals surface area (Å²) in [6.45, 7) is 5.23. The molecule has 0 saturated heterocycles. The van der Waals surface area contributed by atoms with E-state index in [0.29, 0.717) is 13.1 Å². The van der Waals surface area contributed by atoms with E-state index in [9.17, 15) is 4.57 Å². The summed E-state index contributed by atoms with van der Waals surface area (Å²) in [7, 11) is -3.17. The minimum atomic E-state index is -3.17. The van der Waals surface area contributed by atoms with Gasteiger partial charge in [0.1, 0.15) is 0 Å².